The molecule has 0 saturated carbocycles. The number of halogens is 1. The molecular weight excluding hydrogens is 1030 g/mol. The zero-order valence-corrected chi connectivity index (χ0v) is 49.5. The molecule has 0 atom stereocenters. The Morgan fingerprint density at radius 2 is 1.10 bits per heavy atom. The van der Waals surface area contributed by atoms with E-state index in [2.05, 4.69) is 11.9 Å². The quantitative estimate of drug-likeness (QED) is 0.0681. The van der Waals surface area contributed by atoms with Gasteiger partial charge in [-0.3, -0.25) is 19.2 Å². The maximum Gasteiger partial charge on any atom is 1.00 e. The van der Waals surface area contributed by atoms with Gasteiger partial charge in [-0.25, -0.2) is 9.59 Å². The fourth-order valence-corrected chi connectivity index (χ4v) is 9.47. The number of aromatic nitrogens is 2. The number of anilines is 2. The van der Waals surface area contributed by atoms with Crippen LogP contribution in [0.5, 0.6) is 11.5 Å². The van der Waals surface area contributed by atoms with Crippen molar-refractivity contribution in [3.8, 4) is 11.5 Å². The van der Waals surface area contributed by atoms with Crippen molar-refractivity contribution in [1.82, 2.24) is 29.2 Å². The minimum atomic E-state index is -0.707. The second-order valence-electron chi connectivity index (χ2n) is 19.1. The molecule has 4 aromatic carbocycles. The smallest absolute Gasteiger partial charge is 1.00 e. The molecule has 0 bridgehead atoms. The number of fused-ring (bicyclic) bond motifs is 2. The minimum absolute atomic E-state index is 0. The predicted molar refractivity (Wildman–Crippen MR) is 305 cm³/mol. The van der Waals surface area contributed by atoms with Gasteiger partial charge in [-0.05, 0) is 122 Å². The van der Waals surface area contributed by atoms with E-state index in [0.29, 0.717) is 105 Å². The Morgan fingerprint density at radius 3 is 1.54 bits per heavy atom. The van der Waals surface area contributed by atoms with Crippen molar-refractivity contribution in [2.75, 3.05) is 137 Å². The van der Waals surface area contributed by atoms with Crippen molar-refractivity contribution >= 4 is 68.5 Å². The number of carbonyl (C=O) groups is 4. The number of amides is 2. The topological polar surface area (TPSA) is 179 Å². The molecule has 0 radical (unpaired) electrons. The number of methoxy groups -OCH3 is 2. The van der Waals surface area contributed by atoms with E-state index in [4.69, 9.17) is 30.5 Å². The molecule has 4 heterocycles. The summed E-state index contributed by atoms with van der Waals surface area (Å²) in [6.07, 6.45) is 0. The van der Waals surface area contributed by atoms with Crippen molar-refractivity contribution in [2.45, 2.75) is 27.3 Å². The molecule has 78 heavy (non-hydrogen) atoms. The third kappa shape index (κ3) is 15.4. The Kier molecular flexibility index (Phi) is 23.5. The van der Waals surface area contributed by atoms with Gasteiger partial charge in [0.1, 0.15) is 29.5 Å². The third-order valence-corrected chi connectivity index (χ3v) is 13.4. The first kappa shape index (κ1) is 62.3. The van der Waals surface area contributed by atoms with Gasteiger partial charge in [0.25, 0.3) is 22.9 Å². The minimum Gasteiger partial charge on any atom is -1.00 e. The molecule has 1 N–H and O–H groups in total. The number of aromatic amines is 1. The summed E-state index contributed by atoms with van der Waals surface area (Å²) in [7, 11) is 11.1. The normalized spacial score (nSPS) is 13.3. The summed E-state index contributed by atoms with van der Waals surface area (Å²) in [5.74, 6) is 0.661. The number of nitrogens with one attached hydrogen (secondary N) is 1. The van der Waals surface area contributed by atoms with Crippen LogP contribution in [0.15, 0.2) is 94.5 Å². The molecule has 0 unspecified atom stereocenters. The first-order valence-electron chi connectivity index (χ1n) is 25.6. The number of likely N-dealkylation sites (N-methyl/N-ethyl adjacent to an activating group) is 1. The monoisotopic (exact) mass is 1100 g/mol. The Labute approximate surface area is 485 Å². The van der Waals surface area contributed by atoms with Crippen LogP contribution in [-0.4, -0.2) is 180 Å². The molecule has 18 nitrogen and oxygen atoms in total. The van der Waals surface area contributed by atoms with Crippen molar-refractivity contribution in [1.29, 1.82) is 0 Å². The van der Waals surface area contributed by atoms with Gasteiger partial charge in [-0.2, -0.15) is 0 Å². The van der Waals surface area contributed by atoms with Crippen LogP contribution in [0.3, 0.4) is 0 Å². The number of nitrogens with zero attached hydrogens (tertiary/aromatic N) is 7. The average molecular weight is 1100 g/mol. The van der Waals surface area contributed by atoms with Crippen LogP contribution in [0.2, 0.25) is 0 Å². The van der Waals surface area contributed by atoms with E-state index in [9.17, 15) is 28.8 Å². The molecule has 0 aliphatic carbocycles. The number of pyridine rings is 2. The van der Waals surface area contributed by atoms with Crippen LogP contribution in [0.25, 0.3) is 21.8 Å². The van der Waals surface area contributed by atoms with Crippen LogP contribution in [0, 0.1) is 20.8 Å². The number of alkyl halides is 1. The fourth-order valence-electron chi connectivity index (χ4n) is 9.13. The van der Waals surface area contributed by atoms with Gasteiger partial charge in [0.2, 0.25) is 6.61 Å². The molecule has 2 aliphatic heterocycles. The Hall–Kier alpha value is -6.54. The van der Waals surface area contributed by atoms with Crippen molar-refractivity contribution in [3.05, 3.63) is 146 Å². The summed E-state index contributed by atoms with van der Waals surface area (Å²) >= 11 is 5.35. The van der Waals surface area contributed by atoms with Crippen molar-refractivity contribution in [3.63, 3.8) is 0 Å². The number of ether oxygens (including phenoxy) is 4. The third-order valence-electron chi connectivity index (χ3n) is 13.2. The molecule has 2 amide bonds. The molecule has 6 aromatic rings. The van der Waals surface area contributed by atoms with Crippen LogP contribution < -0.4 is 59.9 Å². The number of aryl methyl sites for hydroxylation is 2. The summed E-state index contributed by atoms with van der Waals surface area (Å²) < 4.78 is 22.5. The zero-order valence-electron chi connectivity index (χ0n) is 47.8. The van der Waals surface area contributed by atoms with Crippen LogP contribution in [0.1, 0.15) is 60.9 Å². The number of piperazine rings is 2. The van der Waals surface area contributed by atoms with Gasteiger partial charge in [0, 0.05) is 99.8 Å². The summed E-state index contributed by atoms with van der Waals surface area (Å²) in [6, 6.07) is 25.7. The maximum absolute atomic E-state index is 13.8. The number of hydrogen-bond donors (Lipinski definition) is 1. The van der Waals surface area contributed by atoms with Gasteiger partial charge in [0.05, 0.1) is 43.2 Å². The molecule has 2 aromatic heterocycles. The number of hydrogen-bond acceptors (Lipinski definition) is 14. The van der Waals surface area contributed by atoms with E-state index in [1.807, 2.05) is 98.0 Å². The average Bonchev–Trinajstić information content (AvgIpc) is 3.46. The second-order valence-corrected chi connectivity index (χ2v) is 19.5. The van der Waals surface area contributed by atoms with E-state index in [0.717, 1.165) is 39.8 Å². The van der Waals surface area contributed by atoms with Gasteiger partial charge in [-0.15, -0.1) is 11.6 Å². The van der Waals surface area contributed by atoms with E-state index in [-0.39, 0.29) is 72.7 Å². The summed E-state index contributed by atoms with van der Waals surface area (Å²) in [4.78, 5) is 93.0. The van der Waals surface area contributed by atoms with E-state index in [1.165, 1.54) is 0 Å². The number of carbonyl (C=O) groups excluding carboxylic acids is 4. The van der Waals surface area contributed by atoms with Crippen molar-refractivity contribution in [2.24, 2.45) is 0 Å². The van der Waals surface area contributed by atoms with Crippen molar-refractivity contribution < 1.29 is 69.1 Å². The molecular formula is C58H73ClN8NaO10+. The standard InChI is InChI=1S/C29H36N4O5.C25H25N3O5.C4H10ClN.Na.H/c1-6-38-29(36)25-26(23-19-20(2)7-12-24(23)33(28(25)35)18-13-30(3)4)31-14-16-32(17-15-31)27(34)21-8-10-22(37-5)11-9-21;1-4-33-25(31)21-22(19-15-16(2)5-10-20(19)26-23(21)29)27-11-13-28(14-12-27)24(30)17-6-8-18(32-3)9-7-17;1-6(2)4-3-5;;/h7-12,19H,6,13-18H2,1-5H3;5-10,15H,1,4,11-14H2,2-3H3;3-4H2,1-2H3;;/q;;;+1;-1/p+1. The Balaban J connectivity index is 0.000000304. The SMILES string of the molecule is CCOC(=O)c1c(N2CCN(C(=O)c3ccc(OC)cc3)CC2)c2cc(C)ccc2n(CCN(C)C)c1=O.CN(C)CCCl.[CH2+]COC(=O)c1c(N2CCN(C(=O)c3ccc(OC)cc3)CC2)c2cc(C)ccc2[nH]c1=O.[H-].[Na+]. The zero-order chi connectivity index (χ0) is 55.9. The predicted octanol–water partition coefficient (Wildman–Crippen LogP) is 3.72. The molecule has 2 aliphatic rings. The number of esters is 2. The molecule has 8 rings (SSSR count). The molecule has 2 fully saturated rings. The Bertz CT molecular complexity index is 3140. The number of benzene rings is 4. The number of H-pyrrole nitrogens is 1. The Morgan fingerprint density at radius 1 is 0.641 bits per heavy atom. The van der Waals surface area contributed by atoms with E-state index < -0.39 is 17.5 Å². The fraction of sp³-hybridized carbons (Fsp3) is 0.397. The largest absolute Gasteiger partial charge is 1.00 e. The first-order valence-corrected chi connectivity index (χ1v) is 26.2. The van der Waals surface area contributed by atoms with E-state index in [1.54, 1.807) is 84.0 Å². The van der Waals surface area contributed by atoms with Gasteiger partial charge in [-0.1, -0.05) is 23.3 Å². The molecule has 0 spiro atoms. The molecule has 2 saturated heterocycles. The second kappa shape index (κ2) is 29.4. The molecule has 20 heteroatoms. The number of rotatable bonds is 15. The maximum atomic E-state index is 13.8. The van der Waals surface area contributed by atoms with Crippen LogP contribution >= 0.6 is 11.6 Å². The van der Waals surface area contributed by atoms with Gasteiger partial charge >= 0.3 is 41.5 Å². The summed E-state index contributed by atoms with van der Waals surface area (Å²) in [5, 5.41) is 1.60. The first-order chi connectivity index (χ1) is 36.9. The van der Waals surface area contributed by atoms with Crippen LogP contribution in [0.4, 0.5) is 11.4 Å². The van der Waals surface area contributed by atoms with E-state index >= 15 is 0 Å². The summed E-state index contributed by atoms with van der Waals surface area (Å²) in [5.41, 5.74) is 4.91. The van der Waals surface area contributed by atoms with Crippen LogP contribution in [-0.2, 0) is 16.0 Å². The van der Waals surface area contributed by atoms with Gasteiger partial charge < -0.3 is 59.3 Å². The molecule has 412 valence electrons. The summed E-state index contributed by atoms with van der Waals surface area (Å²) in [6.45, 7) is 15.1. The van der Waals surface area contributed by atoms with Gasteiger partial charge in [0.15, 0.2) is 0 Å².